The van der Waals surface area contributed by atoms with E-state index in [-0.39, 0.29) is 17.7 Å². The quantitative estimate of drug-likeness (QED) is 0.915. The van der Waals surface area contributed by atoms with Crippen LogP contribution in [-0.2, 0) is 4.79 Å². The predicted octanol–water partition coefficient (Wildman–Crippen LogP) is 1.61. The Hall–Kier alpha value is -2.24. The van der Waals surface area contributed by atoms with Crippen molar-refractivity contribution in [3.05, 3.63) is 23.3 Å². The molecule has 1 atom stereocenters. The van der Waals surface area contributed by atoms with E-state index in [1.54, 1.807) is 38.3 Å². The third-order valence-corrected chi connectivity index (χ3v) is 4.32. The third-order valence-electron chi connectivity index (χ3n) is 4.32. The lowest BCUT2D eigenvalue weighted by Gasteiger charge is -2.32. The molecule has 2 amide bonds. The average molecular weight is 320 g/mol. The SMILES string of the molecule is CNC(=O)C1CCCN(C(=O)c2cc(OC)c(C)c(OC)c2)C1. The van der Waals surface area contributed by atoms with Gasteiger partial charge < -0.3 is 19.7 Å². The van der Waals surface area contributed by atoms with Crippen molar-refractivity contribution in [1.82, 2.24) is 10.2 Å². The number of rotatable bonds is 4. The highest BCUT2D eigenvalue weighted by Crippen LogP contribution is 2.30. The predicted molar refractivity (Wildman–Crippen MR) is 87.0 cm³/mol. The van der Waals surface area contributed by atoms with E-state index in [1.165, 1.54) is 0 Å². The van der Waals surface area contributed by atoms with Gasteiger partial charge in [-0.25, -0.2) is 0 Å². The molecule has 1 fully saturated rings. The van der Waals surface area contributed by atoms with Gasteiger partial charge in [0.25, 0.3) is 5.91 Å². The summed E-state index contributed by atoms with van der Waals surface area (Å²) in [6, 6.07) is 3.45. The van der Waals surface area contributed by atoms with Crippen molar-refractivity contribution in [2.75, 3.05) is 34.4 Å². The van der Waals surface area contributed by atoms with Gasteiger partial charge in [-0.15, -0.1) is 0 Å². The Morgan fingerprint density at radius 2 is 1.83 bits per heavy atom. The first-order valence-corrected chi connectivity index (χ1v) is 7.75. The molecule has 6 nitrogen and oxygen atoms in total. The van der Waals surface area contributed by atoms with Gasteiger partial charge in [0.2, 0.25) is 5.91 Å². The molecule has 1 heterocycles. The molecule has 0 saturated carbocycles. The highest BCUT2D eigenvalue weighted by Gasteiger charge is 2.29. The van der Waals surface area contributed by atoms with Gasteiger partial charge in [0.1, 0.15) is 11.5 Å². The van der Waals surface area contributed by atoms with Crippen LogP contribution in [0.1, 0.15) is 28.8 Å². The van der Waals surface area contributed by atoms with E-state index >= 15 is 0 Å². The lowest BCUT2D eigenvalue weighted by molar-refractivity contribution is -0.125. The van der Waals surface area contributed by atoms with Crippen molar-refractivity contribution in [3.8, 4) is 11.5 Å². The van der Waals surface area contributed by atoms with Gasteiger partial charge in [0, 0.05) is 31.3 Å². The molecule has 1 N–H and O–H groups in total. The maximum Gasteiger partial charge on any atom is 0.254 e. The van der Waals surface area contributed by atoms with Crippen molar-refractivity contribution in [3.63, 3.8) is 0 Å². The van der Waals surface area contributed by atoms with Gasteiger partial charge in [-0.2, -0.15) is 0 Å². The first kappa shape index (κ1) is 17.1. The maximum absolute atomic E-state index is 12.8. The Morgan fingerprint density at radius 3 is 2.35 bits per heavy atom. The van der Waals surface area contributed by atoms with Gasteiger partial charge in [0.05, 0.1) is 20.1 Å². The summed E-state index contributed by atoms with van der Waals surface area (Å²) in [4.78, 5) is 26.3. The normalized spacial score (nSPS) is 17.6. The summed E-state index contributed by atoms with van der Waals surface area (Å²) in [5, 5.41) is 2.66. The van der Waals surface area contributed by atoms with E-state index in [0.29, 0.717) is 30.2 Å². The first-order valence-electron chi connectivity index (χ1n) is 7.75. The highest BCUT2D eigenvalue weighted by molar-refractivity contribution is 5.96. The van der Waals surface area contributed by atoms with Crippen LogP contribution < -0.4 is 14.8 Å². The van der Waals surface area contributed by atoms with Gasteiger partial charge in [-0.3, -0.25) is 9.59 Å². The monoisotopic (exact) mass is 320 g/mol. The standard InChI is InChI=1S/C17H24N2O4/c1-11-14(22-3)8-13(9-15(11)23-4)17(21)19-7-5-6-12(10-19)16(20)18-2/h8-9,12H,5-7,10H2,1-4H3,(H,18,20). The fourth-order valence-corrected chi connectivity index (χ4v) is 2.97. The van der Waals surface area contributed by atoms with Crippen LogP contribution in [0.5, 0.6) is 11.5 Å². The van der Waals surface area contributed by atoms with Crippen LogP contribution in [0.25, 0.3) is 0 Å². The largest absolute Gasteiger partial charge is 0.496 e. The number of amides is 2. The summed E-state index contributed by atoms with van der Waals surface area (Å²) in [7, 11) is 4.76. The Kier molecular flexibility index (Phi) is 5.47. The van der Waals surface area contributed by atoms with Crippen molar-refractivity contribution < 1.29 is 19.1 Å². The number of likely N-dealkylation sites (tertiary alicyclic amines) is 1. The van der Waals surface area contributed by atoms with Crippen LogP contribution in [0.3, 0.4) is 0 Å². The molecule has 0 aromatic heterocycles. The molecule has 1 saturated heterocycles. The number of ether oxygens (including phenoxy) is 2. The molecule has 0 spiro atoms. The molecule has 2 rings (SSSR count). The van der Waals surface area contributed by atoms with Gasteiger partial charge in [-0.1, -0.05) is 0 Å². The van der Waals surface area contributed by atoms with Crippen molar-refractivity contribution in [2.45, 2.75) is 19.8 Å². The van der Waals surface area contributed by atoms with Crippen molar-refractivity contribution in [1.29, 1.82) is 0 Å². The van der Waals surface area contributed by atoms with Crippen LogP contribution in [0.15, 0.2) is 12.1 Å². The number of hydrogen-bond donors (Lipinski definition) is 1. The van der Waals surface area contributed by atoms with Gasteiger partial charge in [-0.05, 0) is 31.9 Å². The number of nitrogens with one attached hydrogen (secondary N) is 1. The molecule has 0 radical (unpaired) electrons. The van der Waals surface area contributed by atoms with Crippen LogP contribution in [0.2, 0.25) is 0 Å². The highest BCUT2D eigenvalue weighted by atomic mass is 16.5. The number of carbonyl (C=O) groups is 2. The number of nitrogens with zero attached hydrogens (tertiary/aromatic N) is 1. The van der Waals surface area contributed by atoms with E-state index in [4.69, 9.17) is 9.47 Å². The second kappa shape index (κ2) is 7.35. The van der Waals surface area contributed by atoms with Crippen LogP contribution in [-0.4, -0.2) is 51.1 Å². The minimum atomic E-state index is -0.146. The molecule has 0 bridgehead atoms. The first-order chi connectivity index (χ1) is 11.0. The smallest absolute Gasteiger partial charge is 0.254 e. The molecular formula is C17H24N2O4. The lowest BCUT2D eigenvalue weighted by Crippen LogP contribution is -2.44. The summed E-state index contributed by atoms with van der Waals surface area (Å²) < 4.78 is 10.7. The molecule has 1 unspecified atom stereocenters. The van der Waals surface area contributed by atoms with E-state index in [2.05, 4.69) is 5.32 Å². The molecule has 1 aliphatic rings. The van der Waals surface area contributed by atoms with E-state index in [0.717, 1.165) is 18.4 Å². The number of piperidine rings is 1. The van der Waals surface area contributed by atoms with E-state index < -0.39 is 0 Å². The molecule has 0 aliphatic carbocycles. The Labute approximate surface area is 136 Å². The molecule has 126 valence electrons. The summed E-state index contributed by atoms with van der Waals surface area (Å²) >= 11 is 0. The molecule has 1 aromatic carbocycles. The van der Waals surface area contributed by atoms with E-state index in [9.17, 15) is 9.59 Å². The Balaban J connectivity index is 2.24. The molecule has 23 heavy (non-hydrogen) atoms. The summed E-state index contributed by atoms with van der Waals surface area (Å²) in [6.07, 6.45) is 1.63. The zero-order valence-electron chi connectivity index (χ0n) is 14.1. The fourth-order valence-electron chi connectivity index (χ4n) is 2.97. The molecule has 6 heteroatoms. The topological polar surface area (TPSA) is 67.9 Å². The minimum absolute atomic E-state index is 0.0124. The summed E-state index contributed by atoms with van der Waals surface area (Å²) in [6.45, 7) is 2.98. The zero-order valence-corrected chi connectivity index (χ0v) is 14.1. The molecule has 1 aliphatic heterocycles. The fraction of sp³-hybridized carbons (Fsp3) is 0.529. The van der Waals surface area contributed by atoms with Crippen LogP contribution >= 0.6 is 0 Å². The Bertz CT molecular complexity index is 575. The minimum Gasteiger partial charge on any atom is -0.496 e. The summed E-state index contributed by atoms with van der Waals surface area (Å²) in [5.41, 5.74) is 1.37. The second-order valence-electron chi connectivity index (χ2n) is 5.71. The Morgan fingerprint density at radius 1 is 1.22 bits per heavy atom. The van der Waals surface area contributed by atoms with Gasteiger partial charge in [0.15, 0.2) is 0 Å². The molecule has 1 aromatic rings. The maximum atomic E-state index is 12.8. The van der Waals surface area contributed by atoms with Gasteiger partial charge >= 0.3 is 0 Å². The number of carbonyl (C=O) groups excluding carboxylic acids is 2. The van der Waals surface area contributed by atoms with E-state index in [1.807, 2.05) is 6.92 Å². The van der Waals surface area contributed by atoms with Crippen molar-refractivity contribution in [2.24, 2.45) is 5.92 Å². The average Bonchev–Trinajstić information content (AvgIpc) is 2.60. The third kappa shape index (κ3) is 3.57. The van der Waals surface area contributed by atoms with Crippen molar-refractivity contribution >= 4 is 11.8 Å². The van der Waals surface area contributed by atoms with Crippen LogP contribution in [0, 0.1) is 12.8 Å². The number of methoxy groups -OCH3 is 2. The number of hydrogen-bond acceptors (Lipinski definition) is 4. The lowest BCUT2D eigenvalue weighted by atomic mass is 9.96. The molecular weight excluding hydrogens is 296 g/mol. The van der Waals surface area contributed by atoms with Crippen LogP contribution in [0.4, 0.5) is 0 Å². The summed E-state index contributed by atoms with van der Waals surface area (Å²) in [5.74, 6) is 0.976. The zero-order chi connectivity index (χ0) is 17.0. The number of benzene rings is 1. The second-order valence-corrected chi connectivity index (χ2v) is 5.71.